The molecule has 1 aromatic rings. The van der Waals surface area contributed by atoms with E-state index in [0.717, 1.165) is 31.7 Å². The lowest BCUT2D eigenvalue weighted by Crippen LogP contribution is -2.39. The Kier molecular flexibility index (Phi) is 4.83. The molecule has 0 saturated carbocycles. The third-order valence-corrected chi connectivity index (χ3v) is 4.09. The van der Waals surface area contributed by atoms with Gasteiger partial charge in [0.15, 0.2) is 5.82 Å². The summed E-state index contributed by atoms with van der Waals surface area (Å²) in [7, 11) is 0. The van der Waals surface area contributed by atoms with Gasteiger partial charge in [0.2, 0.25) is 0 Å². The van der Waals surface area contributed by atoms with Crippen LogP contribution in [0.4, 0.5) is 10.1 Å². The second-order valence-electron chi connectivity index (χ2n) is 6.46. The molecule has 0 radical (unpaired) electrons. The molecule has 2 nitrogen and oxygen atoms in total. The molecule has 0 amide bonds. The summed E-state index contributed by atoms with van der Waals surface area (Å²) in [6.07, 6.45) is 1.12. The quantitative estimate of drug-likeness (QED) is 0.834. The molecule has 1 atom stereocenters. The minimum Gasteiger partial charge on any atom is -0.371 e. The lowest BCUT2D eigenvalue weighted by Gasteiger charge is -2.24. The summed E-state index contributed by atoms with van der Waals surface area (Å²) in [4.78, 5) is 2.21. The summed E-state index contributed by atoms with van der Waals surface area (Å²) < 4.78 is 13.4. The van der Waals surface area contributed by atoms with Crippen molar-refractivity contribution in [1.82, 2.24) is 5.32 Å². The van der Waals surface area contributed by atoms with Crippen LogP contribution >= 0.6 is 23.2 Å². The zero-order valence-electron chi connectivity index (χ0n) is 12.1. The molecule has 1 aliphatic rings. The Morgan fingerprint density at radius 3 is 2.45 bits per heavy atom. The standard InChI is InChI=1S/C15H21Cl2FN2/c1-15(2,3)19-8-10-4-5-20(9-10)11-6-12(16)14(18)13(17)7-11/h6-7,10,19H,4-5,8-9H2,1-3H3. The SMILES string of the molecule is CC(C)(C)NCC1CCN(c2cc(Cl)c(F)c(Cl)c2)C1. The van der Waals surface area contributed by atoms with Crippen molar-refractivity contribution in [1.29, 1.82) is 0 Å². The molecule has 1 aromatic carbocycles. The van der Waals surface area contributed by atoms with Gasteiger partial charge in [-0.05, 0) is 45.2 Å². The number of hydrogen-bond donors (Lipinski definition) is 1. The Hall–Kier alpha value is -0.510. The maximum absolute atomic E-state index is 13.4. The fourth-order valence-corrected chi connectivity index (χ4v) is 2.88. The van der Waals surface area contributed by atoms with Gasteiger partial charge in [-0.15, -0.1) is 0 Å². The molecule has 1 N–H and O–H groups in total. The molecule has 0 aliphatic carbocycles. The number of nitrogens with one attached hydrogen (secondary N) is 1. The predicted molar refractivity (Wildman–Crippen MR) is 84.5 cm³/mol. The van der Waals surface area contributed by atoms with Gasteiger partial charge in [-0.1, -0.05) is 23.2 Å². The van der Waals surface area contributed by atoms with Gasteiger partial charge in [-0.3, -0.25) is 0 Å². The predicted octanol–water partition coefficient (Wildman–Crippen LogP) is 4.35. The smallest absolute Gasteiger partial charge is 0.160 e. The van der Waals surface area contributed by atoms with Crippen LogP contribution in [0.15, 0.2) is 12.1 Å². The van der Waals surface area contributed by atoms with Crippen LogP contribution in [0.5, 0.6) is 0 Å². The molecule has 5 heteroatoms. The summed E-state index contributed by atoms with van der Waals surface area (Å²) in [6, 6.07) is 3.31. The van der Waals surface area contributed by atoms with Crippen LogP contribution in [0.1, 0.15) is 27.2 Å². The highest BCUT2D eigenvalue weighted by atomic mass is 35.5. The van der Waals surface area contributed by atoms with Crippen molar-refractivity contribution in [2.45, 2.75) is 32.7 Å². The third-order valence-electron chi connectivity index (χ3n) is 3.54. The molecule has 1 fully saturated rings. The van der Waals surface area contributed by atoms with Gasteiger partial charge in [-0.2, -0.15) is 0 Å². The average Bonchev–Trinajstić information content (AvgIpc) is 2.81. The molecule has 0 spiro atoms. The highest BCUT2D eigenvalue weighted by Crippen LogP contribution is 2.32. The van der Waals surface area contributed by atoms with Crippen LogP contribution in [-0.2, 0) is 0 Å². The van der Waals surface area contributed by atoms with Crippen molar-refractivity contribution in [2.24, 2.45) is 5.92 Å². The Morgan fingerprint density at radius 1 is 1.30 bits per heavy atom. The van der Waals surface area contributed by atoms with Crippen LogP contribution in [0.3, 0.4) is 0 Å². The fraction of sp³-hybridized carbons (Fsp3) is 0.600. The zero-order chi connectivity index (χ0) is 14.9. The second-order valence-corrected chi connectivity index (χ2v) is 7.27. The number of benzene rings is 1. The molecule has 1 heterocycles. The van der Waals surface area contributed by atoms with E-state index in [0.29, 0.717) is 5.92 Å². The first-order valence-electron chi connectivity index (χ1n) is 6.91. The number of rotatable bonds is 3. The molecule has 1 aliphatic heterocycles. The van der Waals surface area contributed by atoms with Gasteiger partial charge in [0.05, 0.1) is 10.0 Å². The summed E-state index contributed by atoms with van der Waals surface area (Å²) in [5, 5.41) is 3.70. The molecule has 0 aromatic heterocycles. The van der Waals surface area contributed by atoms with Gasteiger partial charge >= 0.3 is 0 Å². The van der Waals surface area contributed by atoms with Crippen molar-refractivity contribution < 1.29 is 4.39 Å². The molecule has 20 heavy (non-hydrogen) atoms. The first-order valence-corrected chi connectivity index (χ1v) is 7.66. The Balaban J connectivity index is 1.99. The molecule has 1 saturated heterocycles. The minimum absolute atomic E-state index is 0.0868. The van der Waals surface area contributed by atoms with E-state index in [-0.39, 0.29) is 15.6 Å². The molecular formula is C15H21Cl2FN2. The van der Waals surface area contributed by atoms with Gasteiger partial charge in [0.1, 0.15) is 0 Å². The van der Waals surface area contributed by atoms with Gasteiger partial charge < -0.3 is 10.2 Å². The number of hydrogen-bond acceptors (Lipinski definition) is 2. The van der Waals surface area contributed by atoms with E-state index in [1.54, 1.807) is 12.1 Å². The lowest BCUT2D eigenvalue weighted by molar-refractivity contribution is 0.383. The van der Waals surface area contributed by atoms with E-state index in [1.807, 2.05) is 0 Å². The van der Waals surface area contributed by atoms with Crippen LogP contribution in [0.2, 0.25) is 10.0 Å². The van der Waals surface area contributed by atoms with Gasteiger partial charge in [0.25, 0.3) is 0 Å². The second kappa shape index (κ2) is 6.08. The Morgan fingerprint density at radius 2 is 1.90 bits per heavy atom. The van der Waals surface area contributed by atoms with Crippen LogP contribution in [0.25, 0.3) is 0 Å². The van der Waals surface area contributed by atoms with Crippen LogP contribution < -0.4 is 10.2 Å². The lowest BCUT2D eigenvalue weighted by atomic mass is 10.1. The molecular weight excluding hydrogens is 298 g/mol. The summed E-state index contributed by atoms with van der Waals surface area (Å²) in [5.74, 6) is 0.0547. The number of halogens is 3. The van der Waals surface area contributed by atoms with Crippen LogP contribution in [-0.4, -0.2) is 25.2 Å². The highest BCUT2D eigenvalue weighted by Gasteiger charge is 2.25. The van der Waals surface area contributed by atoms with Gasteiger partial charge in [-0.25, -0.2) is 4.39 Å². The molecule has 0 bridgehead atoms. The maximum atomic E-state index is 13.4. The van der Waals surface area contributed by atoms with E-state index < -0.39 is 5.82 Å². The minimum atomic E-state index is -0.540. The third kappa shape index (κ3) is 4.00. The monoisotopic (exact) mass is 318 g/mol. The fourth-order valence-electron chi connectivity index (χ4n) is 2.41. The van der Waals surface area contributed by atoms with Crippen LogP contribution in [0, 0.1) is 11.7 Å². The van der Waals surface area contributed by atoms with E-state index in [9.17, 15) is 4.39 Å². The van der Waals surface area contributed by atoms with Crippen molar-refractivity contribution in [3.8, 4) is 0 Å². The maximum Gasteiger partial charge on any atom is 0.160 e. The number of anilines is 1. The zero-order valence-corrected chi connectivity index (χ0v) is 13.7. The summed E-state index contributed by atoms with van der Waals surface area (Å²) in [6.45, 7) is 9.39. The van der Waals surface area contributed by atoms with Gasteiger partial charge in [0, 0.05) is 30.9 Å². The molecule has 112 valence electrons. The summed E-state index contributed by atoms with van der Waals surface area (Å²) >= 11 is 11.7. The van der Waals surface area contributed by atoms with Crippen molar-refractivity contribution in [2.75, 3.05) is 24.5 Å². The summed E-state index contributed by atoms with van der Waals surface area (Å²) in [5.41, 5.74) is 1.04. The topological polar surface area (TPSA) is 15.3 Å². The molecule has 1 unspecified atom stereocenters. The first-order chi connectivity index (χ1) is 9.26. The molecule has 2 rings (SSSR count). The van der Waals surface area contributed by atoms with E-state index in [1.165, 1.54) is 0 Å². The van der Waals surface area contributed by atoms with E-state index >= 15 is 0 Å². The first kappa shape index (κ1) is 15.9. The Bertz CT molecular complexity index is 462. The highest BCUT2D eigenvalue weighted by molar-refractivity contribution is 6.35. The normalized spacial score (nSPS) is 19.7. The Labute approximate surface area is 130 Å². The largest absolute Gasteiger partial charge is 0.371 e. The van der Waals surface area contributed by atoms with Crippen molar-refractivity contribution >= 4 is 28.9 Å². The van der Waals surface area contributed by atoms with E-state index in [2.05, 4.69) is 31.0 Å². The van der Waals surface area contributed by atoms with E-state index in [4.69, 9.17) is 23.2 Å². The average molecular weight is 319 g/mol. The number of nitrogens with zero attached hydrogens (tertiary/aromatic N) is 1. The van der Waals surface area contributed by atoms with Crippen molar-refractivity contribution in [3.63, 3.8) is 0 Å². The van der Waals surface area contributed by atoms with Crippen molar-refractivity contribution in [3.05, 3.63) is 28.0 Å².